The fraction of sp³-hybridized carbons (Fsp3) is 0.100. The maximum atomic E-state index is 10.9. The van der Waals surface area contributed by atoms with Crippen LogP contribution in [-0.2, 0) is 4.79 Å². The molecular formula is C10H7N3OS. The molecule has 1 fully saturated rings. The summed E-state index contributed by atoms with van der Waals surface area (Å²) in [5.41, 5.74) is 1.33. The van der Waals surface area contributed by atoms with Crippen LogP contribution in [0.5, 0.6) is 0 Å². The summed E-state index contributed by atoms with van der Waals surface area (Å²) in [6.45, 7) is 0. The molecule has 0 aliphatic carbocycles. The monoisotopic (exact) mass is 217 g/mol. The molecule has 0 atom stereocenters. The smallest absolute Gasteiger partial charge is 0.236 e. The lowest BCUT2D eigenvalue weighted by Gasteiger charge is -1.96. The SMILES string of the molecule is N#Cc1ccc(/N=C2/NC(=O)CS2)cc1. The Morgan fingerprint density at radius 3 is 2.67 bits per heavy atom. The molecule has 1 amide bonds. The fourth-order valence-electron chi connectivity index (χ4n) is 1.11. The Kier molecular flexibility index (Phi) is 2.70. The molecule has 74 valence electrons. The maximum absolute atomic E-state index is 10.9. The van der Waals surface area contributed by atoms with Crippen molar-refractivity contribution in [2.45, 2.75) is 0 Å². The Hall–Kier alpha value is -1.80. The number of benzene rings is 1. The van der Waals surface area contributed by atoms with Crippen molar-refractivity contribution in [1.29, 1.82) is 5.26 Å². The minimum absolute atomic E-state index is 0.0209. The first-order valence-corrected chi connectivity index (χ1v) is 5.28. The number of aliphatic imine (C=N–C) groups is 1. The summed E-state index contributed by atoms with van der Waals surface area (Å²) in [6, 6.07) is 8.92. The third kappa shape index (κ3) is 2.36. The molecule has 1 aliphatic rings. The van der Waals surface area contributed by atoms with E-state index in [-0.39, 0.29) is 5.91 Å². The summed E-state index contributed by atoms with van der Waals surface area (Å²) in [7, 11) is 0. The molecule has 0 spiro atoms. The number of carbonyl (C=O) groups excluding carboxylic acids is 1. The van der Waals surface area contributed by atoms with Crippen LogP contribution in [0.2, 0.25) is 0 Å². The van der Waals surface area contributed by atoms with Gasteiger partial charge in [-0.25, -0.2) is 4.99 Å². The van der Waals surface area contributed by atoms with E-state index in [2.05, 4.69) is 10.3 Å². The molecule has 1 N–H and O–H groups in total. The van der Waals surface area contributed by atoms with Crippen molar-refractivity contribution in [2.24, 2.45) is 4.99 Å². The summed E-state index contributed by atoms with van der Waals surface area (Å²) in [5, 5.41) is 11.9. The number of hydrogen-bond donors (Lipinski definition) is 1. The molecule has 1 aromatic carbocycles. The molecule has 0 unspecified atom stereocenters. The van der Waals surface area contributed by atoms with E-state index in [1.165, 1.54) is 11.8 Å². The number of carbonyl (C=O) groups is 1. The largest absolute Gasteiger partial charge is 0.304 e. The number of rotatable bonds is 1. The minimum Gasteiger partial charge on any atom is -0.304 e. The number of amides is 1. The van der Waals surface area contributed by atoms with E-state index in [1.54, 1.807) is 24.3 Å². The van der Waals surface area contributed by atoms with E-state index >= 15 is 0 Å². The van der Waals surface area contributed by atoms with Gasteiger partial charge in [-0.2, -0.15) is 5.26 Å². The Labute approximate surface area is 91.0 Å². The molecule has 15 heavy (non-hydrogen) atoms. The van der Waals surface area contributed by atoms with Crippen LogP contribution in [-0.4, -0.2) is 16.8 Å². The van der Waals surface area contributed by atoms with Crippen LogP contribution in [0.1, 0.15) is 5.56 Å². The first-order chi connectivity index (χ1) is 7.28. The summed E-state index contributed by atoms with van der Waals surface area (Å²) in [5.74, 6) is 0.405. The van der Waals surface area contributed by atoms with Gasteiger partial charge in [-0.1, -0.05) is 11.8 Å². The first kappa shape index (κ1) is 9.74. The minimum atomic E-state index is -0.0209. The highest BCUT2D eigenvalue weighted by Crippen LogP contribution is 2.17. The van der Waals surface area contributed by atoms with Crippen molar-refractivity contribution in [1.82, 2.24) is 5.32 Å². The predicted octanol–water partition coefficient (Wildman–Crippen LogP) is 1.41. The molecule has 1 aromatic rings. The molecule has 0 saturated carbocycles. The van der Waals surface area contributed by atoms with Crippen LogP contribution in [0.3, 0.4) is 0 Å². The van der Waals surface area contributed by atoms with Crippen LogP contribution >= 0.6 is 11.8 Å². The average Bonchev–Trinajstić information content (AvgIpc) is 2.65. The van der Waals surface area contributed by atoms with E-state index in [9.17, 15) is 4.79 Å². The highest BCUT2D eigenvalue weighted by molar-refractivity contribution is 8.15. The first-order valence-electron chi connectivity index (χ1n) is 4.29. The van der Waals surface area contributed by atoms with E-state index in [4.69, 9.17) is 5.26 Å². The van der Waals surface area contributed by atoms with E-state index < -0.39 is 0 Å². The second-order valence-electron chi connectivity index (χ2n) is 2.91. The van der Waals surface area contributed by atoms with Crippen molar-refractivity contribution in [2.75, 3.05) is 5.75 Å². The second-order valence-corrected chi connectivity index (χ2v) is 3.88. The lowest BCUT2D eigenvalue weighted by molar-refractivity contribution is -0.116. The van der Waals surface area contributed by atoms with Gasteiger partial charge in [0.2, 0.25) is 5.91 Å². The van der Waals surface area contributed by atoms with Crippen molar-refractivity contribution in [3.63, 3.8) is 0 Å². The predicted molar refractivity (Wildman–Crippen MR) is 58.9 cm³/mol. The van der Waals surface area contributed by atoms with Crippen LogP contribution < -0.4 is 5.32 Å². The van der Waals surface area contributed by atoms with E-state index in [1.807, 2.05) is 6.07 Å². The molecule has 1 heterocycles. The number of nitrogens with zero attached hydrogens (tertiary/aromatic N) is 2. The van der Waals surface area contributed by atoms with Gasteiger partial charge >= 0.3 is 0 Å². The van der Waals surface area contributed by atoms with Gasteiger partial charge in [0, 0.05) is 0 Å². The third-order valence-electron chi connectivity index (χ3n) is 1.81. The van der Waals surface area contributed by atoms with Crippen LogP contribution in [0.15, 0.2) is 29.3 Å². The lowest BCUT2D eigenvalue weighted by Crippen LogP contribution is -2.19. The summed E-state index contributed by atoms with van der Waals surface area (Å²) >= 11 is 1.38. The number of nitrogens with one attached hydrogen (secondary N) is 1. The molecule has 1 aliphatic heterocycles. The summed E-state index contributed by atoms with van der Waals surface area (Å²) in [4.78, 5) is 15.1. The Morgan fingerprint density at radius 1 is 1.40 bits per heavy atom. The molecule has 0 bridgehead atoms. The highest BCUT2D eigenvalue weighted by Gasteiger charge is 2.15. The molecule has 5 heteroatoms. The van der Waals surface area contributed by atoms with Crippen LogP contribution in [0, 0.1) is 11.3 Å². The summed E-state index contributed by atoms with van der Waals surface area (Å²) < 4.78 is 0. The number of nitriles is 1. The molecule has 2 rings (SSSR count). The maximum Gasteiger partial charge on any atom is 0.236 e. The molecule has 0 radical (unpaired) electrons. The average molecular weight is 217 g/mol. The zero-order valence-corrected chi connectivity index (χ0v) is 8.54. The molecule has 4 nitrogen and oxygen atoms in total. The second kappa shape index (κ2) is 4.15. The molecular weight excluding hydrogens is 210 g/mol. The highest BCUT2D eigenvalue weighted by atomic mass is 32.2. The van der Waals surface area contributed by atoms with E-state index in [0.29, 0.717) is 16.5 Å². The number of hydrogen-bond acceptors (Lipinski definition) is 4. The van der Waals surface area contributed by atoms with Crippen LogP contribution in [0.25, 0.3) is 0 Å². The Bertz CT molecular complexity index is 459. The van der Waals surface area contributed by atoms with Gasteiger partial charge in [-0.15, -0.1) is 0 Å². The van der Waals surface area contributed by atoms with Crippen molar-refractivity contribution >= 4 is 28.5 Å². The zero-order chi connectivity index (χ0) is 10.7. The Balaban J connectivity index is 2.18. The molecule has 1 saturated heterocycles. The zero-order valence-electron chi connectivity index (χ0n) is 7.73. The van der Waals surface area contributed by atoms with Crippen molar-refractivity contribution in [3.8, 4) is 6.07 Å². The van der Waals surface area contributed by atoms with Gasteiger partial charge in [0.15, 0.2) is 5.17 Å². The van der Waals surface area contributed by atoms with Gasteiger partial charge in [-0.3, -0.25) is 4.79 Å². The fourth-order valence-corrected chi connectivity index (χ4v) is 1.81. The molecule has 0 aromatic heterocycles. The summed E-state index contributed by atoms with van der Waals surface area (Å²) in [6.07, 6.45) is 0. The topological polar surface area (TPSA) is 65.2 Å². The van der Waals surface area contributed by atoms with E-state index in [0.717, 1.165) is 5.69 Å². The van der Waals surface area contributed by atoms with Gasteiger partial charge in [0.1, 0.15) is 0 Å². The quantitative estimate of drug-likeness (QED) is 0.773. The van der Waals surface area contributed by atoms with Crippen LogP contribution in [0.4, 0.5) is 5.69 Å². The normalized spacial score (nSPS) is 17.5. The number of amidine groups is 1. The number of thioether (sulfide) groups is 1. The van der Waals surface area contributed by atoms with Crippen molar-refractivity contribution < 1.29 is 4.79 Å². The lowest BCUT2D eigenvalue weighted by atomic mass is 10.2. The Morgan fingerprint density at radius 2 is 2.13 bits per heavy atom. The van der Waals surface area contributed by atoms with Gasteiger partial charge in [0.05, 0.1) is 23.1 Å². The van der Waals surface area contributed by atoms with Gasteiger partial charge < -0.3 is 5.32 Å². The van der Waals surface area contributed by atoms with Gasteiger partial charge in [0.25, 0.3) is 0 Å². The van der Waals surface area contributed by atoms with Gasteiger partial charge in [-0.05, 0) is 24.3 Å². The van der Waals surface area contributed by atoms with Crippen molar-refractivity contribution in [3.05, 3.63) is 29.8 Å². The standard InChI is InChI=1S/C10H7N3OS/c11-5-7-1-3-8(4-2-7)12-10-13-9(14)6-15-10/h1-4H,6H2,(H,12,13,14). The third-order valence-corrected chi connectivity index (χ3v) is 2.69.